The Kier molecular flexibility index (Phi) is 3.68. The molecule has 0 spiro atoms. The molecule has 5 aromatic rings. The number of benzene rings is 2. The van der Waals surface area contributed by atoms with Gasteiger partial charge in [-0.25, -0.2) is 9.67 Å². The number of para-hydroxylation sites is 1. The molecule has 0 saturated carbocycles. The second-order valence-electron chi connectivity index (χ2n) is 6.16. The van der Waals surface area contributed by atoms with Crippen LogP contribution in [-0.2, 0) is 0 Å². The second-order valence-corrected chi connectivity index (χ2v) is 6.16. The van der Waals surface area contributed by atoms with Crippen LogP contribution < -0.4 is 9.47 Å². The minimum Gasteiger partial charge on any atom is -0.497 e. The van der Waals surface area contributed by atoms with Crippen LogP contribution in [0.15, 0.2) is 61.1 Å². The van der Waals surface area contributed by atoms with Crippen molar-refractivity contribution in [2.45, 2.75) is 0 Å². The minimum absolute atomic E-state index is 0.636. The summed E-state index contributed by atoms with van der Waals surface area (Å²) in [6.45, 7) is 0. The van der Waals surface area contributed by atoms with E-state index in [-0.39, 0.29) is 0 Å². The lowest BCUT2D eigenvalue weighted by molar-refractivity contribution is 0.395. The molecule has 8 heteroatoms. The standard InChI is InChI=1S/C20H16N6O2/c1-27-14-8-9-15(17(10-14)28-2)19-23-24-20-16-11-22-26(13-6-4-3-5-7-13)18(16)21-12-25(19)20/h3-12H,1-2H3. The topological polar surface area (TPSA) is 79.4 Å². The summed E-state index contributed by atoms with van der Waals surface area (Å²) in [4.78, 5) is 4.61. The highest BCUT2D eigenvalue weighted by Crippen LogP contribution is 2.33. The molecule has 0 unspecified atom stereocenters. The van der Waals surface area contributed by atoms with E-state index in [2.05, 4.69) is 20.3 Å². The number of nitrogens with zero attached hydrogens (tertiary/aromatic N) is 6. The average Bonchev–Trinajstić information content (AvgIpc) is 3.37. The number of methoxy groups -OCH3 is 2. The fourth-order valence-electron chi connectivity index (χ4n) is 3.25. The van der Waals surface area contributed by atoms with Crippen molar-refractivity contribution in [1.82, 2.24) is 29.4 Å². The van der Waals surface area contributed by atoms with Gasteiger partial charge in [-0.05, 0) is 24.3 Å². The van der Waals surface area contributed by atoms with E-state index in [0.29, 0.717) is 23.0 Å². The lowest BCUT2D eigenvalue weighted by Crippen LogP contribution is -1.99. The molecule has 0 amide bonds. The Bertz CT molecular complexity index is 1290. The third-order valence-corrected chi connectivity index (χ3v) is 4.63. The zero-order chi connectivity index (χ0) is 19.1. The molecule has 0 saturated heterocycles. The summed E-state index contributed by atoms with van der Waals surface area (Å²) in [6.07, 6.45) is 3.46. The number of hydrogen-bond acceptors (Lipinski definition) is 6. The van der Waals surface area contributed by atoms with Gasteiger partial charge in [-0.3, -0.25) is 4.40 Å². The molecule has 0 bridgehead atoms. The number of hydrogen-bond donors (Lipinski definition) is 0. The summed E-state index contributed by atoms with van der Waals surface area (Å²) < 4.78 is 14.4. The second kappa shape index (κ2) is 6.34. The van der Waals surface area contributed by atoms with Gasteiger partial charge in [0.05, 0.1) is 37.1 Å². The van der Waals surface area contributed by atoms with Gasteiger partial charge in [-0.2, -0.15) is 5.10 Å². The van der Waals surface area contributed by atoms with E-state index in [1.54, 1.807) is 31.4 Å². The van der Waals surface area contributed by atoms with Crippen LogP contribution in [0.25, 0.3) is 33.8 Å². The molecule has 0 aliphatic rings. The van der Waals surface area contributed by atoms with E-state index >= 15 is 0 Å². The Morgan fingerprint density at radius 1 is 0.893 bits per heavy atom. The third-order valence-electron chi connectivity index (χ3n) is 4.63. The van der Waals surface area contributed by atoms with Crippen LogP contribution in [0.2, 0.25) is 0 Å². The average molecular weight is 372 g/mol. The van der Waals surface area contributed by atoms with E-state index in [9.17, 15) is 0 Å². The van der Waals surface area contributed by atoms with Crippen molar-refractivity contribution in [3.05, 3.63) is 61.1 Å². The molecule has 3 heterocycles. The fourth-order valence-corrected chi connectivity index (χ4v) is 3.25. The predicted molar refractivity (Wildman–Crippen MR) is 104 cm³/mol. The van der Waals surface area contributed by atoms with Gasteiger partial charge in [0.2, 0.25) is 0 Å². The lowest BCUT2D eigenvalue weighted by atomic mass is 10.2. The Balaban J connectivity index is 1.70. The fraction of sp³-hybridized carbons (Fsp3) is 0.100. The lowest BCUT2D eigenvalue weighted by Gasteiger charge is -2.09. The van der Waals surface area contributed by atoms with Crippen molar-refractivity contribution >= 4 is 16.7 Å². The van der Waals surface area contributed by atoms with Crippen molar-refractivity contribution in [2.75, 3.05) is 14.2 Å². The van der Waals surface area contributed by atoms with E-state index < -0.39 is 0 Å². The summed E-state index contributed by atoms with van der Waals surface area (Å²) in [7, 11) is 3.23. The first-order chi connectivity index (χ1) is 13.8. The van der Waals surface area contributed by atoms with E-state index in [1.165, 1.54) is 0 Å². The molecule has 8 nitrogen and oxygen atoms in total. The third kappa shape index (κ3) is 2.38. The van der Waals surface area contributed by atoms with Crippen LogP contribution >= 0.6 is 0 Å². The predicted octanol–water partition coefficient (Wildman–Crippen LogP) is 3.15. The van der Waals surface area contributed by atoms with Gasteiger partial charge in [-0.15, -0.1) is 10.2 Å². The largest absolute Gasteiger partial charge is 0.497 e. The maximum atomic E-state index is 5.51. The van der Waals surface area contributed by atoms with Crippen molar-refractivity contribution in [3.8, 4) is 28.6 Å². The molecule has 0 N–H and O–H groups in total. The Labute approximate surface area is 160 Å². The van der Waals surface area contributed by atoms with Gasteiger partial charge in [-0.1, -0.05) is 18.2 Å². The molecular weight excluding hydrogens is 356 g/mol. The van der Waals surface area contributed by atoms with Crippen molar-refractivity contribution in [3.63, 3.8) is 0 Å². The molecule has 28 heavy (non-hydrogen) atoms. The zero-order valence-corrected chi connectivity index (χ0v) is 15.3. The summed E-state index contributed by atoms with van der Waals surface area (Å²) in [5.74, 6) is 1.99. The normalized spacial score (nSPS) is 11.2. The van der Waals surface area contributed by atoms with Crippen LogP contribution in [0.1, 0.15) is 0 Å². The van der Waals surface area contributed by atoms with Gasteiger partial charge in [0.15, 0.2) is 17.1 Å². The monoisotopic (exact) mass is 372 g/mol. The van der Waals surface area contributed by atoms with Gasteiger partial charge < -0.3 is 9.47 Å². The van der Waals surface area contributed by atoms with Crippen LogP contribution in [0.4, 0.5) is 0 Å². The number of aromatic nitrogens is 6. The van der Waals surface area contributed by atoms with Gasteiger partial charge in [0.1, 0.15) is 17.8 Å². The van der Waals surface area contributed by atoms with Crippen LogP contribution in [0, 0.1) is 0 Å². The molecular formula is C20H16N6O2. The van der Waals surface area contributed by atoms with Crippen molar-refractivity contribution < 1.29 is 9.47 Å². The smallest absolute Gasteiger partial charge is 0.175 e. The highest BCUT2D eigenvalue weighted by Gasteiger charge is 2.18. The zero-order valence-electron chi connectivity index (χ0n) is 15.3. The highest BCUT2D eigenvalue weighted by atomic mass is 16.5. The Hall–Kier alpha value is -3.94. The minimum atomic E-state index is 0.636. The Morgan fingerprint density at radius 2 is 1.75 bits per heavy atom. The quantitative estimate of drug-likeness (QED) is 0.482. The highest BCUT2D eigenvalue weighted by molar-refractivity contribution is 5.90. The maximum absolute atomic E-state index is 5.51. The van der Waals surface area contributed by atoms with Crippen molar-refractivity contribution in [2.24, 2.45) is 0 Å². The van der Waals surface area contributed by atoms with Gasteiger partial charge in [0, 0.05) is 6.07 Å². The molecule has 0 fully saturated rings. The molecule has 5 rings (SSSR count). The van der Waals surface area contributed by atoms with E-state index in [1.807, 2.05) is 52.9 Å². The molecule has 3 aromatic heterocycles. The Morgan fingerprint density at radius 3 is 2.54 bits per heavy atom. The molecule has 2 aromatic carbocycles. The summed E-state index contributed by atoms with van der Waals surface area (Å²) in [6, 6.07) is 15.4. The number of fused-ring (bicyclic) bond motifs is 3. The van der Waals surface area contributed by atoms with E-state index in [4.69, 9.17) is 9.47 Å². The summed E-state index contributed by atoms with van der Waals surface area (Å²) in [5, 5.41) is 14.1. The summed E-state index contributed by atoms with van der Waals surface area (Å²) in [5.41, 5.74) is 3.14. The van der Waals surface area contributed by atoms with Crippen LogP contribution in [0.5, 0.6) is 11.5 Å². The van der Waals surface area contributed by atoms with Crippen LogP contribution in [-0.4, -0.2) is 43.6 Å². The van der Waals surface area contributed by atoms with E-state index in [0.717, 1.165) is 22.3 Å². The SMILES string of the molecule is COc1ccc(-c2nnc3c4cnn(-c5ccccc5)c4ncn23)c(OC)c1. The maximum Gasteiger partial charge on any atom is 0.175 e. The van der Waals surface area contributed by atoms with Crippen molar-refractivity contribution in [1.29, 1.82) is 0 Å². The molecule has 0 aliphatic heterocycles. The van der Waals surface area contributed by atoms with Crippen LogP contribution in [0.3, 0.4) is 0 Å². The number of rotatable bonds is 4. The molecule has 0 atom stereocenters. The number of ether oxygens (including phenoxy) is 2. The van der Waals surface area contributed by atoms with Gasteiger partial charge in [0.25, 0.3) is 0 Å². The first-order valence-corrected chi connectivity index (χ1v) is 8.65. The van der Waals surface area contributed by atoms with Gasteiger partial charge >= 0.3 is 0 Å². The first kappa shape index (κ1) is 16.2. The molecule has 0 radical (unpaired) electrons. The summed E-state index contributed by atoms with van der Waals surface area (Å²) >= 11 is 0. The molecule has 138 valence electrons. The molecule has 0 aliphatic carbocycles. The first-order valence-electron chi connectivity index (χ1n) is 8.65.